The molecule has 0 radical (unpaired) electrons. The Morgan fingerprint density at radius 1 is 1.43 bits per heavy atom. The summed E-state index contributed by atoms with van der Waals surface area (Å²) in [6, 6.07) is 1.39. The first-order chi connectivity index (χ1) is 9.94. The molecule has 8 heteroatoms. The Bertz CT molecular complexity index is 607. The molecule has 0 atom stereocenters. The second-order valence-electron chi connectivity index (χ2n) is 4.95. The largest absolute Gasteiger partial charge is 0.481 e. The van der Waals surface area contributed by atoms with Crippen LogP contribution in [0.3, 0.4) is 0 Å². The van der Waals surface area contributed by atoms with Gasteiger partial charge in [-0.25, -0.2) is 0 Å². The van der Waals surface area contributed by atoms with Crippen LogP contribution >= 0.6 is 15.9 Å². The molecule has 2 rings (SSSR count). The van der Waals surface area contributed by atoms with Crippen LogP contribution in [0.15, 0.2) is 21.5 Å². The molecular formula is C13H15BrN2O5. The predicted octanol–water partition coefficient (Wildman–Crippen LogP) is 0.749. The van der Waals surface area contributed by atoms with Crippen LogP contribution in [0.4, 0.5) is 0 Å². The van der Waals surface area contributed by atoms with Crippen LogP contribution in [0.2, 0.25) is 0 Å². The molecule has 1 saturated heterocycles. The topological polar surface area (TPSA) is 108 Å². The Morgan fingerprint density at radius 2 is 2.10 bits per heavy atom. The lowest BCUT2D eigenvalue weighted by molar-refractivity contribution is -0.154. The van der Waals surface area contributed by atoms with E-state index in [2.05, 4.69) is 26.2 Å². The molecule has 0 saturated carbocycles. The summed E-state index contributed by atoms with van der Waals surface area (Å²) in [7, 11) is 0. The maximum absolute atomic E-state index is 12.0. The number of nitrogens with one attached hydrogen (secondary N) is 2. The van der Waals surface area contributed by atoms with Gasteiger partial charge >= 0.3 is 5.97 Å². The SMILES string of the molecule is O=C(NCC1(C(=O)O)CCOCC1)c1c[nH]c(=O)c(Br)c1. The number of carbonyl (C=O) groups is 2. The molecular weight excluding hydrogens is 344 g/mol. The summed E-state index contributed by atoms with van der Waals surface area (Å²) in [5, 5.41) is 12.0. The Morgan fingerprint density at radius 3 is 2.67 bits per heavy atom. The van der Waals surface area contributed by atoms with Crippen molar-refractivity contribution in [1.29, 1.82) is 0 Å². The molecule has 1 aliphatic heterocycles. The number of amides is 1. The van der Waals surface area contributed by atoms with E-state index in [-0.39, 0.29) is 22.1 Å². The van der Waals surface area contributed by atoms with Crippen LogP contribution in [0.1, 0.15) is 23.2 Å². The summed E-state index contributed by atoms with van der Waals surface area (Å²) in [5.74, 6) is -1.37. The third-order valence-electron chi connectivity index (χ3n) is 3.61. The molecule has 0 bridgehead atoms. The van der Waals surface area contributed by atoms with Crippen molar-refractivity contribution in [2.24, 2.45) is 5.41 Å². The van der Waals surface area contributed by atoms with Gasteiger partial charge < -0.3 is 20.1 Å². The number of carbonyl (C=O) groups excluding carboxylic acids is 1. The number of carboxylic acid groups (broad SMARTS) is 1. The Hall–Kier alpha value is -1.67. The van der Waals surface area contributed by atoms with E-state index in [9.17, 15) is 19.5 Å². The number of hydrogen-bond donors (Lipinski definition) is 3. The third-order valence-corrected chi connectivity index (χ3v) is 4.20. The Balaban J connectivity index is 2.06. The van der Waals surface area contributed by atoms with Crippen LogP contribution in [0.5, 0.6) is 0 Å². The number of aromatic amines is 1. The van der Waals surface area contributed by atoms with Crippen LogP contribution in [0, 0.1) is 5.41 Å². The number of hydrogen-bond acceptors (Lipinski definition) is 4. The van der Waals surface area contributed by atoms with Crippen molar-refractivity contribution in [3.63, 3.8) is 0 Å². The number of rotatable bonds is 4. The molecule has 0 spiro atoms. The summed E-state index contributed by atoms with van der Waals surface area (Å²) in [6.45, 7) is 0.764. The van der Waals surface area contributed by atoms with Crippen molar-refractivity contribution in [3.05, 3.63) is 32.7 Å². The number of ether oxygens (including phenoxy) is 1. The van der Waals surface area contributed by atoms with E-state index in [0.29, 0.717) is 26.1 Å². The highest BCUT2D eigenvalue weighted by Gasteiger charge is 2.40. The Labute approximate surface area is 128 Å². The summed E-state index contributed by atoms with van der Waals surface area (Å²) in [4.78, 5) is 37.1. The molecule has 0 aromatic carbocycles. The van der Waals surface area contributed by atoms with Crippen molar-refractivity contribution in [1.82, 2.24) is 10.3 Å². The van der Waals surface area contributed by atoms with Crippen LogP contribution in [-0.2, 0) is 9.53 Å². The highest BCUT2D eigenvalue weighted by Crippen LogP contribution is 2.30. The predicted molar refractivity (Wildman–Crippen MR) is 77.2 cm³/mol. The average molecular weight is 359 g/mol. The van der Waals surface area contributed by atoms with Gasteiger partial charge in [0.15, 0.2) is 0 Å². The van der Waals surface area contributed by atoms with E-state index in [1.165, 1.54) is 12.3 Å². The van der Waals surface area contributed by atoms with E-state index < -0.39 is 17.3 Å². The van der Waals surface area contributed by atoms with E-state index in [4.69, 9.17) is 4.74 Å². The normalized spacial score (nSPS) is 17.2. The van der Waals surface area contributed by atoms with Crippen molar-refractivity contribution in [2.45, 2.75) is 12.8 Å². The quantitative estimate of drug-likeness (QED) is 0.735. The standard InChI is InChI=1S/C13H15BrN2O5/c14-9-5-8(6-15-11(9)18)10(17)16-7-13(12(19)20)1-3-21-4-2-13/h5-6H,1-4,7H2,(H,15,18)(H,16,17)(H,19,20). The molecule has 114 valence electrons. The molecule has 1 aromatic rings. The van der Waals surface area contributed by atoms with Gasteiger partial charge in [-0.1, -0.05) is 0 Å². The number of H-pyrrole nitrogens is 1. The smallest absolute Gasteiger partial charge is 0.311 e. The number of pyridine rings is 1. The molecule has 0 aliphatic carbocycles. The number of aliphatic carboxylic acids is 1. The zero-order valence-electron chi connectivity index (χ0n) is 11.1. The van der Waals surface area contributed by atoms with Crippen molar-refractivity contribution in [2.75, 3.05) is 19.8 Å². The first-order valence-electron chi connectivity index (χ1n) is 6.42. The van der Waals surface area contributed by atoms with Gasteiger partial charge in [0.25, 0.3) is 11.5 Å². The number of aromatic nitrogens is 1. The van der Waals surface area contributed by atoms with Gasteiger partial charge in [0.05, 0.1) is 15.5 Å². The Kier molecular flexibility index (Phi) is 4.79. The van der Waals surface area contributed by atoms with Crippen LogP contribution < -0.4 is 10.9 Å². The van der Waals surface area contributed by atoms with Gasteiger partial charge in [-0.05, 0) is 34.8 Å². The zero-order valence-corrected chi connectivity index (χ0v) is 12.7. The lowest BCUT2D eigenvalue weighted by Gasteiger charge is -2.33. The summed E-state index contributed by atoms with van der Waals surface area (Å²) < 4.78 is 5.42. The van der Waals surface area contributed by atoms with E-state index >= 15 is 0 Å². The van der Waals surface area contributed by atoms with E-state index in [1.807, 2.05) is 0 Å². The molecule has 0 unspecified atom stereocenters. The first-order valence-corrected chi connectivity index (χ1v) is 7.21. The van der Waals surface area contributed by atoms with Gasteiger partial charge in [-0.3, -0.25) is 14.4 Å². The van der Waals surface area contributed by atoms with Gasteiger partial charge in [-0.15, -0.1) is 0 Å². The zero-order chi connectivity index (χ0) is 15.5. The molecule has 1 amide bonds. The van der Waals surface area contributed by atoms with Crippen molar-refractivity contribution >= 4 is 27.8 Å². The minimum absolute atomic E-state index is 0.0290. The maximum atomic E-state index is 12.0. The highest BCUT2D eigenvalue weighted by atomic mass is 79.9. The second kappa shape index (κ2) is 6.40. The lowest BCUT2D eigenvalue weighted by Crippen LogP contribution is -2.46. The fourth-order valence-electron chi connectivity index (χ4n) is 2.17. The molecule has 3 N–H and O–H groups in total. The molecule has 1 aromatic heterocycles. The average Bonchev–Trinajstić information content (AvgIpc) is 2.48. The summed E-state index contributed by atoms with van der Waals surface area (Å²) >= 11 is 3.04. The lowest BCUT2D eigenvalue weighted by atomic mass is 9.80. The third kappa shape index (κ3) is 3.51. The molecule has 21 heavy (non-hydrogen) atoms. The molecule has 2 heterocycles. The minimum Gasteiger partial charge on any atom is -0.481 e. The van der Waals surface area contributed by atoms with Crippen LogP contribution in [0.25, 0.3) is 0 Å². The second-order valence-corrected chi connectivity index (χ2v) is 5.80. The molecule has 1 fully saturated rings. The summed E-state index contributed by atoms with van der Waals surface area (Å²) in [5.41, 5.74) is -1.07. The van der Waals surface area contributed by atoms with E-state index in [0.717, 1.165) is 0 Å². The van der Waals surface area contributed by atoms with Crippen molar-refractivity contribution in [3.8, 4) is 0 Å². The fraction of sp³-hybridized carbons (Fsp3) is 0.462. The minimum atomic E-state index is -0.993. The maximum Gasteiger partial charge on any atom is 0.311 e. The van der Waals surface area contributed by atoms with E-state index in [1.54, 1.807) is 0 Å². The van der Waals surface area contributed by atoms with Gasteiger partial charge in [0.2, 0.25) is 0 Å². The van der Waals surface area contributed by atoms with Gasteiger partial charge in [0, 0.05) is 26.0 Å². The highest BCUT2D eigenvalue weighted by molar-refractivity contribution is 9.10. The first kappa shape index (κ1) is 15.7. The molecule has 1 aliphatic rings. The van der Waals surface area contributed by atoms with Gasteiger partial charge in [-0.2, -0.15) is 0 Å². The van der Waals surface area contributed by atoms with Gasteiger partial charge in [0.1, 0.15) is 0 Å². The number of halogens is 1. The number of carboxylic acids is 1. The van der Waals surface area contributed by atoms with Crippen LogP contribution in [-0.4, -0.2) is 41.7 Å². The molecule has 7 nitrogen and oxygen atoms in total. The monoisotopic (exact) mass is 358 g/mol. The van der Waals surface area contributed by atoms with Crippen molar-refractivity contribution < 1.29 is 19.4 Å². The summed E-state index contributed by atoms with van der Waals surface area (Å²) in [6.07, 6.45) is 2.01. The fourth-order valence-corrected chi connectivity index (χ4v) is 2.53.